The van der Waals surface area contributed by atoms with Gasteiger partial charge in [0.05, 0.1) is 12.4 Å². The van der Waals surface area contributed by atoms with E-state index in [1.807, 2.05) is 0 Å². The highest BCUT2D eigenvalue weighted by atomic mass is 32.2. The molecule has 1 rings (SSSR count). The number of carbonyl (C=O) groups excluding carboxylic acids is 3. The second-order valence-electron chi connectivity index (χ2n) is 6.21. The summed E-state index contributed by atoms with van der Waals surface area (Å²) in [5.41, 5.74) is -1.46. The van der Waals surface area contributed by atoms with Crippen LogP contribution in [-0.2, 0) is 43.2 Å². The van der Waals surface area contributed by atoms with Crippen LogP contribution >= 0.6 is 0 Å². The van der Waals surface area contributed by atoms with E-state index in [0.717, 1.165) is 20.8 Å². The molecular formula is C16H24O10S. The van der Waals surface area contributed by atoms with Crippen molar-refractivity contribution in [3.05, 3.63) is 12.2 Å². The van der Waals surface area contributed by atoms with Gasteiger partial charge in [-0.2, -0.15) is 0 Å². The molecular weight excluding hydrogens is 384 g/mol. The Morgan fingerprint density at radius 2 is 1.37 bits per heavy atom. The van der Waals surface area contributed by atoms with Gasteiger partial charge in [0.15, 0.2) is 33.6 Å². The third-order valence-electron chi connectivity index (χ3n) is 3.48. The van der Waals surface area contributed by atoms with Gasteiger partial charge in [-0.3, -0.25) is 14.4 Å². The molecule has 0 spiro atoms. The Labute approximate surface area is 157 Å². The van der Waals surface area contributed by atoms with Crippen LogP contribution in [0.15, 0.2) is 12.2 Å². The topological polar surface area (TPSA) is 143 Å². The van der Waals surface area contributed by atoms with E-state index in [0.29, 0.717) is 5.57 Å². The predicted octanol–water partition coefficient (Wildman–Crippen LogP) is -0.510. The summed E-state index contributed by atoms with van der Waals surface area (Å²) in [6, 6.07) is 0. The molecule has 1 fully saturated rings. The van der Waals surface area contributed by atoms with Crippen molar-refractivity contribution in [3.63, 3.8) is 0 Å². The normalized spacial score (nSPS) is 28.1. The third-order valence-corrected chi connectivity index (χ3v) is 5.46. The SMILES string of the molecule is C=C(C)CS(=O)(=O)C1OC(CO)C(OC(C)=O)C(OC(C)=O)C1OC(C)=O. The van der Waals surface area contributed by atoms with Gasteiger partial charge in [0, 0.05) is 20.8 Å². The molecule has 1 heterocycles. The fourth-order valence-corrected chi connectivity index (χ4v) is 4.50. The predicted molar refractivity (Wildman–Crippen MR) is 91.0 cm³/mol. The number of sulfone groups is 1. The van der Waals surface area contributed by atoms with Crippen LogP contribution in [0.1, 0.15) is 27.7 Å². The maximum atomic E-state index is 12.7. The molecule has 5 unspecified atom stereocenters. The van der Waals surface area contributed by atoms with Crippen molar-refractivity contribution < 1.29 is 46.9 Å². The molecule has 1 saturated heterocycles. The number of hydrogen-bond acceptors (Lipinski definition) is 10. The molecule has 1 N–H and O–H groups in total. The lowest BCUT2D eigenvalue weighted by Crippen LogP contribution is -2.64. The fraction of sp³-hybridized carbons (Fsp3) is 0.688. The summed E-state index contributed by atoms with van der Waals surface area (Å²) in [5, 5.41) is 9.58. The monoisotopic (exact) mass is 408 g/mol. The van der Waals surface area contributed by atoms with Crippen LogP contribution in [0.5, 0.6) is 0 Å². The summed E-state index contributed by atoms with van der Waals surface area (Å²) in [5.74, 6) is -2.97. The quantitative estimate of drug-likeness (QED) is 0.332. The molecule has 0 aromatic carbocycles. The average molecular weight is 408 g/mol. The minimum absolute atomic E-state index is 0.298. The van der Waals surface area contributed by atoms with Crippen molar-refractivity contribution in [2.24, 2.45) is 0 Å². The van der Waals surface area contributed by atoms with Crippen LogP contribution < -0.4 is 0 Å². The molecule has 0 aromatic heterocycles. The van der Waals surface area contributed by atoms with E-state index in [1.165, 1.54) is 6.92 Å². The van der Waals surface area contributed by atoms with Crippen molar-refractivity contribution >= 4 is 27.7 Å². The summed E-state index contributed by atoms with van der Waals surface area (Å²) in [4.78, 5) is 34.5. The molecule has 0 bridgehead atoms. The highest BCUT2D eigenvalue weighted by molar-refractivity contribution is 7.92. The second-order valence-corrected chi connectivity index (χ2v) is 8.29. The number of rotatable bonds is 7. The van der Waals surface area contributed by atoms with Crippen LogP contribution in [0.3, 0.4) is 0 Å². The Hall–Kier alpha value is -1.98. The smallest absolute Gasteiger partial charge is 0.303 e. The van der Waals surface area contributed by atoms with Crippen LogP contribution in [0.2, 0.25) is 0 Å². The molecule has 0 radical (unpaired) electrons. The number of aliphatic hydroxyl groups is 1. The van der Waals surface area contributed by atoms with Gasteiger partial charge in [-0.15, -0.1) is 0 Å². The first-order valence-electron chi connectivity index (χ1n) is 8.03. The second kappa shape index (κ2) is 9.29. The summed E-state index contributed by atoms with van der Waals surface area (Å²) in [6.07, 6.45) is -5.80. The zero-order valence-electron chi connectivity index (χ0n) is 15.5. The molecule has 0 aliphatic carbocycles. The average Bonchev–Trinajstić information content (AvgIpc) is 2.47. The van der Waals surface area contributed by atoms with E-state index >= 15 is 0 Å². The molecule has 27 heavy (non-hydrogen) atoms. The lowest BCUT2D eigenvalue weighted by molar-refractivity contribution is -0.237. The van der Waals surface area contributed by atoms with E-state index in [-0.39, 0.29) is 0 Å². The molecule has 5 atom stereocenters. The van der Waals surface area contributed by atoms with Crippen molar-refractivity contribution in [3.8, 4) is 0 Å². The van der Waals surface area contributed by atoms with E-state index in [9.17, 15) is 27.9 Å². The van der Waals surface area contributed by atoms with Crippen LogP contribution in [0.25, 0.3) is 0 Å². The van der Waals surface area contributed by atoms with E-state index in [4.69, 9.17) is 18.9 Å². The Kier molecular flexibility index (Phi) is 7.93. The Morgan fingerprint density at radius 3 is 1.78 bits per heavy atom. The van der Waals surface area contributed by atoms with Crippen LogP contribution in [0, 0.1) is 0 Å². The Bertz CT molecular complexity index is 698. The van der Waals surface area contributed by atoms with Crippen molar-refractivity contribution in [1.29, 1.82) is 0 Å². The molecule has 0 amide bonds. The van der Waals surface area contributed by atoms with E-state index in [2.05, 4.69) is 6.58 Å². The van der Waals surface area contributed by atoms with Crippen LogP contribution in [0.4, 0.5) is 0 Å². The van der Waals surface area contributed by atoms with Gasteiger partial charge in [-0.1, -0.05) is 12.2 Å². The standard InChI is InChI=1S/C16H24O10S/c1-8(2)7-27(21,22)16-15(25-11(5)20)14(24-10(4)19)13(23-9(3)18)12(6-17)26-16/h12-17H,1,6-7H2,2-5H3. The summed E-state index contributed by atoms with van der Waals surface area (Å²) in [6.45, 7) is 7.44. The minimum Gasteiger partial charge on any atom is -0.456 e. The molecule has 10 nitrogen and oxygen atoms in total. The van der Waals surface area contributed by atoms with Crippen LogP contribution in [-0.4, -0.2) is 73.6 Å². The van der Waals surface area contributed by atoms with Gasteiger partial charge in [-0.05, 0) is 6.92 Å². The summed E-state index contributed by atoms with van der Waals surface area (Å²) < 4.78 is 46.1. The third kappa shape index (κ3) is 6.29. The first kappa shape index (κ1) is 23.1. The van der Waals surface area contributed by atoms with Crippen molar-refractivity contribution in [1.82, 2.24) is 0 Å². The largest absolute Gasteiger partial charge is 0.456 e. The Balaban J connectivity index is 3.46. The summed E-state index contributed by atoms with van der Waals surface area (Å²) >= 11 is 0. The maximum Gasteiger partial charge on any atom is 0.303 e. The van der Waals surface area contributed by atoms with E-state index in [1.54, 1.807) is 0 Å². The van der Waals surface area contributed by atoms with Gasteiger partial charge < -0.3 is 24.1 Å². The lowest BCUT2D eigenvalue weighted by atomic mass is 9.99. The van der Waals surface area contributed by atoms with Crippen molar-refractivity contribution in [2.45, 2.75) is 57.5 Å². The van der Waals surface area contributed by atoms with Gasteiger partial charge in [0.1, 0.15) is 6.10 Å². The van der Waals surface area contributed by atoms with Gasteiger partial charge in [0.25, 0.3) is 0 Å². The van der Waals surface area contributed by atoms with Crippen molar-refractivity contribution in [2.75, 3.05) is 12.4 Å². The first-order chi connectivity index (χ1) is 12.4. The first-order valence-corrected chi connectivity index (χ1v) is 9.74. The molecule has 0 saturated carbocycles. The Morgan fingerprint density at radius 1 is 0.926 bits per heavy atom. The molecule has 11 heteroatoms. The zero-order chi connectivity index (χ0) is 20.9. The van der Waals surface area contributed by atoms with Gasteiger partial charge in [-0.25, -0.2) is 8.42 Å². The number of esters is 3. The maximum absolute atomic E-state index is 12.7. The molecule has 0 aromatic rings. The molecule has 1 aliphatic rings. The minimum atomic E-state index is -4.08. The van der Waals surface area contributed by atoms with Gasteiger partial charge >= 0.3 is 17.9 Å². The molecule has 154 valence electrons. The van der Waals surface area contributed by atoms with Gasteiger partial charge in [0.2, 0.25) is 0 Å². The fourth-order valence-electron chi connectivity index (χ4n) is 2.72. The number of carbonyl (C=O) groups is 3. The highest BCUT2D eigenvalue weighted by Crippen LogP contribution is 2.32. The number of hydrogen-bond donors (Lipinski definition) is 1. The number of ether oxygens (including phenoxy) is 4. The number of aliphatic hydroxyl groups excluding tert-OH is 1. The van der Waals surface area contributed by atoms with E-state index < -0.39 is 70.0 Å². The summed E-state index contributed by atoms with van der Waals surface area (Å²) in [7, 11) is -4.08. The molecule has 1 aliphatic heterocycles. The zero-order valence-corrected chi connectivity index (χ0v) is 16.4. The lowest BCUT2D eigenvalue weighted by Gasteiger charge is -2.43. The highest BCUT2D eigenvalue weighted by Gasteiger charge is 2.55.